The normalized spacial score (nSPS) is 10.2. The lowest BCUT2D eigenvalue weighted by molar-refractivity contribution is 0.102. The van der Waals surface area contributed by atoms with Crippen molar-refractivity contribution in [2.45, 2.75) is 0 Å². The maximum Gasteiger partial charge on any atom is 0.274 e. The molecule has 0 spiro atoms. The van der Waals surface area contributed by atoms with E-state index >= 15 is 0 Å². The molecule has 0 bridgehead atoms. The van der Waals surface area contributed by atoms with Crippen molar-refractivity contribution < 1.29 is 9.18 Å². The molecule has 0 radical (unpaired) electrons. The van der Waals surface area contributed by atoms with Gasteiger partial charge in [0.2, 0.25) is 0 Å². The molecule has 24 heavy (non-hydrogen) atoms. The molecule has 0 aliphatic heterocycles. The van der Waals surface area contributed by atoms with Crippen LogP contribution in [-0.2, 0) is 0 Å². The molecule has 0 unspecified atom stereocenters. The lowest BCUT2D eigenvalue weighted by Gasteiger charge is -2.08. The van der Waals surface area contributed by atoms with Gasteiger partial charge in [0.1, 0.15) is 11.5 Å². The Morgan fingerprint density at radius 2 is 1.50 bits per heavy atom. The first-order valence-corrected chi connectivity index (χ1v) is 7.95. The summed E-state index contributed by atoms with van der Waals surface area (Å²) in [6.07, 6.45) is 1.58. The second kappa shape index (κ2) is 7.23. The number of nitrogens with zero attached hydrogens (tertiary/aromatic N) is 1. The number of nitrogens with one attached hydrogen (secondary N) is 2. The van der Waals surface area contributed by atoms with Crippen LogP contribution >= 0.6 is 15.9 Å². The minimum absolute atomic E-state index is 0.278. The third kappa shape index (κ3) is 4.17. The fourth-order valence-corrected chi connectivity index (χ4v) is 2.29. The zero-order valence-electron chi connectivity index (χ0n) is 12.5. The molecule has 0 atom stereocenters. The van der Waals surface area contributed by atoms with Gasteiger partial charge in [0.15, 0.2) is 0 Å². The fourth-order valence-electron chi connectivity index (χ4n) is 2.03. The second-order valence-electron chi connectivity index (χ2n) is 5.03. The lowest BCUT2D eigenvalue weighted by atomic mass is 10.2. The predicted molar refractivity (Wildman–Crippen MR) is 96.0 cm³/mol. The number of pyridine rings is 1. The van der Waals surface area contributed by atoms with Crippen LogP contribution in [0.3, 0.4) is 0 Å². The van der Waals surface area contributed by atoms with Crippen LogP contribution in [0.1, 0.15) is 10.5 Å². The van der Waals surface area contributed by atoms with Gasteiger partial charge in [0.25, 0.3) is 5.91 Å². The summed E-state index contributed by atoms with van der Waals surface area (Å²) in [5, 5.41) is 5.86. The molecule has 120 valence electrons. The summed E-state index contributed by atoms with van der Waals surface area (Å²) in [6, 6.07) is 16.7. The minimum atomic E-state index is -0.352. The summed E-state index contributed by atoms with van der Waals surface area (Å²) in [4.78, 5) is 16.3. The zero-order chi connectivity index (χ0) is 16.9. The van der Waals surface area contributed by atoms with Gasteiger partial charge in [-0.1, -0.05) is 15.9 Å². The van der Waals surface area contributed by atoms with Gasteiger partial charge in [0.05, 0.1) is 11.9 Å². The summed E-state index contributed by atoms with van der Waals surface area (Å²) in [5.74, 6) is -0.703. The summed E-state index contributed by atoms with van der Waals surface area (Å²) < 4.78 is 13.9. The van der Waals surface area contributed by atoms with Crippen LogP contribution < -0.4 is 10.6 Å². The number of hydrogen-bond acceptors (Lipinski definition) is 3. The summed E-state index contributed by atoms with van der Waals surface area (Å²) in [6.45, 7) is 0. The van der Waals surface area contributed by atoms with Crippen LogP contribution in [0.25, 0.3) is 0 Å². The van der Waals surface area contributed by atoms with Gasteiger partial charge >= 0.3 is 0 Å². The van der Waals surface area contributed by atoms with Crippen molar-refractivity contribution in [3.05, 3.63) is 82.8 Å². The van der Waals surface area contributed by atoms with E-state index in [1.165, 1.54) is 24.3 Å². The highest BCUT2D eigenvalue weighted by Crippen LogP contribution is 2.19. The quantitative estimate of drug-likeness (QED) is 0.665. The smallest absolute Gasteiger partial charge is 0.274 e. The Morgan fingerprint density at radius 3 is 2.12 bits per heavy atom. The van der Waals surface area contributed by atoms with Crippen LogP contribution in [0, 0.1) is 5.82 Å². The lowest BCUT2D eigenvalue weighted by Crippen LogP contribution is -2.13. The number of anilines is 3. The average Bonchev–Trinajstić information content (AvgIpc) is 2.59. The number of hydrogen-bond donors (Lipinski definition) is 2. The average molecular weight is 386 g/mol. The van der Waals surface area contributed by atoms with Gasteiger partial charge in [-0.15, -0.1) is 0 Å². The molecule has 0 aliphatic rings. The molecule has 0 saturated heterocycles. The van der Waals surface area contributed by atoms with Crippen molar-refractivity contribution in [1.29, 1.82) is 0 Å². The van der Waals surface area contributed by atoms with Gasteiger partial charge in [-0.3, -0.25) is 4.79 Å². The number of amides is 1. The van der Waals surface area contributed by atoms with Crippen LogP contribution in [0.5, 0.6) is 0 Å². The van der Waals surface area contributed by atoms with Crippen LogP contribution in [-0.4, -0.2) is 10.9 Å². The zero-order valence-corrected chi connectivity index (χ0v) is 14.0. The molecule has 0 fully saturated rings. The van der Waals surface area contributed by atoms with Crippen molar-refractivity contribution in [3.8, 4) is 0 Å². The Balaban J connectivity index is 1.66. The van der Waals surface area contributed by atoms with Crippen LogP contribution in [0.15, 0.2) is 71.3 Å². The van der Waals surface area contributed by atoms with E-state index in [1.807, 2.05) is 24.3 Å². The Hall–Kier alpha value is -2.73. The Morgan fingerprint density at radius 1 is 0.875 bits per heavy atom. The van der Waals surface area contributed by atoms with Gasteiger partial charge in [-0.05, 0) is 60.7 Å². The number of benzene rings is 2. The number of halogens is 2. The third-order valence-electron chi connectivity index (χ3n) is 3.23. The Bertz CT molecular complexity index is 834. The maximum atomic E-state index is 12.9. The van der Waals surface area contributed by atoms with Crippen molar-refractivity contribution in [3.63, 3.8) is 0 Å². The molecule has 3 aromatic rings. The second-order valence-corrected chi connectivity index (χ2v) is 5.94. The van der Waals surface area contributed by atoms with Crippen molar-refractivity contribution in [1.82, 2.24) is 4.98 Å². The fraction of sp³-hybridized carbons (Fsp3) is 0. The topological polar surface area (TPSA) is 54.0 Å². The standard InChI is InChI=1S/C18H13BrFN3O/c19-12-1-5-14(6-2-12)22-16-9-10-17(21-11-16)18(24)23-15-7-3-13(20)4-8-15/h1-11,22H,(H,23,24). The number of rotatable bonds is 4. The van der Waals surface area contributed by atoms with Gasteiger partial charge in [0, 0.05) is 15.8 Å². The predicted octanol–water partition coefficient (Wildman–Crippen LogP) is 4.98. The van der Waals surface area contributed by atoms with E-state index in [0.717, 1.165) is 15.8 Å². The van der Waals surface area contributed by atoms with E-state index in [4.69, 9.17) is 0 Å². The minimum Gasteiger partial charge on any atom is -0.354 e. The molecular weight excluding hydrogens is 373 g/mol. The van der Waals surface area contributed by atoms with E-state index in [0.29, 0.717) is 5.69 Å². The highest BCUT2D eigenvalue weighted by atomic mass is 79.9. The molecule has 0 aliphatic carbocycles. The third-order valence-corrected chi connectivity index (χ3v) is 3.76. The summed E-state index contributed by atoms with van der Waals surface area (Å²) in [7, 11) is 0. The van der Waals surface area contributed by atoms with E-state index in [9.17, 15) is 9.18 Å². The van der Waals surface area contributed by atoms with E-state index in [2.05, 4.69) is 31.5 Å². The number of carbonyl (C=O) groups excluding carboxylic acids is 1. The van der Waals surface area contributed by atoms with Crippen molar-refractivity contribution >= 4 is 38.9 Å². The molecule has 1 heterocycles. The number of carbonyl (C=O) groups is 1. The molecule has 3 rings (SSSR count). The van der Waals surface area contributed by atoms with E-state index < -0.39 is 0 Å². The summed E-state index contributed by atoms with van der Waals surface area (Å²) >= 11 is 3.38. The Labute approximate surface area is 146 Å². The highest BCUT2D eigenvalue weighted by Gasteiger charge is 2.08. The largest absolute Gasteiger partial charge is 0.354 e. The molecule has 1 amide bonds. The highest BCUT2D eigenvalue weighted by molar-refractivity contribution is 9.10. The monoisotopic (exact) mass is 385 g/mol. The van der Waals surface area contributed by atoms with Gasteiger partial charge in [-0.25, -0.2) is 9.37 Å². The van der Waals surface area contributed by atoms with Gasteiger partial charge in [-0.2, -0.15) is 0 Å². The number of aromatic nitrogens is 1. The molecular formula is C18H13BrFN3O. The van der Waals surface area contributed by atoms with Crippen molar-refractivity contribution in [2.75, 3.05) is 10.6 Å². The molecule has 2 aromatic carbocycles. The van der Waals surface area contributed by atoms with E-state index in [-0.39, 0.29) is 17.4 Å². The SMILES string of the molecule is O=C(Nc1ccc(F)cc1)c1ccc(Nc2ccc(Br)cc2)cn1. The Kier molecular flexibility index (Phi) is 4.86. The summed E-state index contributed by atoms with van der Waals surface area (Å²) in [5.41, 5.74) is 2.49. The van der Waals surface area contributed by atoms with E-state index in [1.54, 1.807) is 18.3 Å². The van der Waals surface area contributed by atoms with Crippen LogP contribution in [0.2, 0.25) is 0 Å². The molecule has 0 saturated carbocycles. The van der Waals surface area contributed by atoms with Gasteiger partial charge < -0.3 is 10.6 Å². The molecule has 4 nitrogen and oxygen atoms in total. The maximum absolute atomic E-state index is 12.9. The first-order valence-electron chi connectivity index (χ1n) is 7.16. The first kappa shape index (κ1) is 16.1. The molecule has 2 N–H and O–H groups in total. The van der Waals surface area contributed by atoms with Crippen molar-refractivity contribution in [2.24, 2.45) is 0 Å². The first-order chi connectivity index (χ1) is 11.6. The molecule has 6 heteroatoms. The van der Waals surface area contributed by atoms with Crippen LogP contribution in [0.4, 0.5) is 21.5 Å². The molecule has 1 aromatic heterocycles.